The number of carbonyl (C=O) groups is 2. The fraction of sp³-hybridized carbons (Fsp3) is 0.379. The van der Waals surface area contributed by atoms with E-state index in [4.69, 9.17) is 4.74 Å². The molecule has 348 valence electrons. The van der Waals surface area contributed by atoms with Crippen molar-refractivity contribution in [3.05, 3.63) is 153 Å². The highest BCUT2D eigenvalue weighted by atomic mass is 16.5. The molecular formula is C58H59N3O7. The molecule has 0 spiro atoms. The van der Waals surface area contributed by atoms with Crippen molar-refractivity contribution in [3.8, 4) is 29.1 Å². The average molecular weight is 910 g/mol. The molecule has 10 nitrogen and oxygen atoms in total. The number of ketones is 2. The molecule has 5 aromatic rings. The quantitative estimate of drug-likeness (QED) is 0.0503. The van der Waals surface area contributed by atoms with E-state index in [-0.39, 0.29) is 78.7 Å². The van der Waals surface area contributed by atoms with E-state index in [0.717, 1.165) is 100 Å². The van der Waals surface area contributed by atoms with Gasteiger partial charge in [0.15, 0.2) is 17.3 Å². The van der Waals surface area contributed by atoms with Crippen molar-refractivity contribution in [1.82, 2.24) is 9.97 Å². The second-order valence-corrected chi connectivity index (χ2v) is 19.9. The van der Waals surface area contributed by atoms with Gasteiger partial charge in [-0.05, 0) is 133 Å². The smallest absolute Gasteiger partial charge is 0.161 e. The third kappa shape index (κ3) is 8.30. The van der Waals surface area contributed by atoms with Crippen LogP contribution in [0.1, 0.15) is 131 Å². The van der Waals surface area contributed by atoms with Gasteiger partial charge >= 0.3 is 0 Å². The number of hydrogen-bond acceptors (Lipinski definition) is 8. The number of aromatic amines is 2. The van der Waals surface area contributed by atoms with E-state index in [1.165, 1.54) is 0 Å². The van der Waals surface area contributed by atoms with Crippen molar-refractivity contribution in [2.75, 3.05) is 11.9 Å². The summed E-state index contributed by atoms with van der Waals surface area (Å²) in [5.74, 6) is 5.12. The predicted molar refractivity (Wildman–Crippen MR) is 263 cm³/mol. The fourth-order valence-corrected chi connectivity index (χ4v) is 12.2. The molecule has 1 fully saturated rings. The van der Waals surface area contributed by atoms with Crippen molar-refractivity contribution in [3.63, 3.8) is 0 Å². The molecule has 3 aromatic carbocycles. The van der Waals surface area contributed by atoms with Gasteiger partial charge in [-0.3, -0.25) is 9.59 Å². The Kier molecular flexibility index (Phi) is 12.0. The highest BCUT2D eigenvalue weighted by Crippen LogP contribution is 2.49. The standard InChI is InChI=1S/C58H59N3O7/c62-26-23-45-53(65)20-14-35-28-37(56(66)54(31-35)68-38-6-1-2-7-38)27-34-13-17-40-43-19-18-41(46(40)30-34)44-22-25-60-58(44)61-49(8-4-10-52(43)64)48-32-50-42(21-24-59-50)47(55(48)57(45)67)29-33-11-15-36-5-3-9-51(63)39(36)16-12-33/h3,5,9,12-13,16-19,21-22,24-25,28,30-33,38,41,43,45,47,49,52,55,59-64,66H,1-2,6-7,10-11,14-15,20,23,26-27,29H2/t33-,41-,43+,45-,47-,49+,52+,55+/m0/s1. The largest absolute Gasteiger partial charge is 0.507 e. The molecule has 3 aliphatic heterocycles. The Hall–Kier alpha value is -6.54. The van der Waals surface area contributed by atoms with E-state index in [2.05, 4.69) is 75.7 Å². The molecule has 68 heavy (non-hydrogen) atoms. The van der Waals surface area contributed by atoms with Gasteiger partial charge in [0.2, 0.25) is 0 Å². The number of allylic oxidation sites excluding steroid dienone is 2. The van der Waals surface area contributed by atoms with Crippen LogP contribution in [0.5, 0.6) is 17.2 Å². The van der Waals surface area contributed by atoms with Gasteiger partial charge < -0.3 is 40.4 Å². The first kappa shape index (κ1) is 44.0. The summed E-state index contributed by atoms with van der Waals surface area (Å²) < 4.78 is 6.51. The lowest BCUT2D eigenvalue weighted by Crippen LogP contribution is -2.41. The molecule has 0 amide bonds. The van der Waals surface area contributed by atoms with E-state index in [1.54, 1.807) is 6.07 Å². The summed E-state index contributed by atoms with van der Waals surface area (Å²) in [6.45, 7) is -0.342. The van der Waals surface area contributed by atoms with E-state index in [0.29, 0.717) is 30.6 Å². The number of fused-ring (bicyclic) bond motifs is 8. The van der Waals surface area contributed by atoms with E-state index in [9.17, 15) is 25.2 Å². The number of anilines is 1. The molecule has 7 bridgehead atoms. The summed E-state index contributed by atoms with van der Waals surface area (Å²) in [6.07, 6.45) is 20.5. The number of aliphatic hydroxyl groups excluding tert-OH is 2. The van der Waals surface area contributed by atoms with Crippen LogP contribution < -0.4 is 10.1 Å². The Bertz CT molecular complexity index is 2920. The van der Waals surface area contributed by atoms with Crippen LogP contribution in [0, 0.1) is 29.6 Å². The molecule has 0 radical (unpaired) electrons. The lowest BCUT2D eigenvalue weighted by Gasteiger charge is -2.38. The van der Waals surface area contributed by atoms with Crippen LogP contribution in [-0.4, -0.2) is 66.8 Å². The molecule has 2 aromatic heterocycles. The number of benzene rings is 3. The highest BCUT2D eigenvalue weighted by Gasteiger charge is 2.45. The number of ether oxygens (including phenoxy) is 1. The maximum atomic E-state index is 15.9. The van der Waals surface area contributed by atoms with Gasteiger partial charge in [0.25, 0.3) is 0 Å². The number of phenolic OH excluding ortho intramolecular Hbond substituents is 2. The molecule has 0 saturated heterocycles. The topological polar surface area (TPSA) is 168 Å². The molecule has 5 heterocycles. The number of carbonyl (C=O) groups excluding carboxylic acids is 2. The molecule has 1 saturated carbocycles. The first-order valence-electron chi connectivity index (χ1n) is 24.7. The number of aryl methyl sites for hydroxylation is 2. The number of nitrogens with one attached hydrogen (secondary N) is 3. The fourth-order valence-electron chi connectivity index (χ4n) is 12.2. The first-order valence-corrected chi connectivity index (χ1v) is 24.7. The van der Waals surface area contributed by atoms with E-state index < -0.39 is 24.0 Å². The molecule has 12 rings (SSSR count). The van der Waals surface area contributed by atoms with Crippen LogP contribution in [0.15, 0.2) is 96.9 Å². The van der Waals surface area contributed by atoms with Crippen LogP contribution >= 0.6 is 0 Å². The van der Waals surface area contributed by atoms with Crippen LogP contribution in [0.2, 0.25) is 0 Å². The Morgan fingerprint density at radius 3 is 2.53 bits per heavy atom. The van der Waals surface area contributed by atoms with Gasteiger partial charge in [-0.2, -0.15) is 0 Å². The second-order valence-electron chi connectivity index (χ2n) is 19.9. The zero-order chi connectivity index (χ0) is 46.5. The minimum atomic E-state index is -1.10. The Morgan fingerprint density at radius 2 is 1.66 bits per heavy atom. The Labute approximate surface area is 397 Å². The zero-order valence-electron chi connectivity index (χ0n) is 38.2. The summed E-state index contributed by atoms with van der Waals surface area (Å²) in [5, 5.41) is 49.1. The van der Waals surface area contributed by atoms with Crippen molar-refractivity contribution < 1.29 is 34.8 Å². The van der Waals surface area contributed by atoms with Gasteiger partial charge in [0, 0.05) is 84.3 Å². The summed E-state index contributed by atoms with van der Waals surface area (Å²) in [5.41, 5.74) is 10.0. The number of aromatic nitrogens is 2. The van der Waals surface area contributed by atoms with Gasteiger partial charge in [-0.1, -0.05) is 72.5 Å². The van der Waals surface area contributed by atoms with Crippen molar-refractivity contribution in [1.29, 1.82) is 0 Å². The number of aliphatic hydroxyl groups is 2. The van der Waals surface area contributed by atoms with Crippen LogP contribution in [0.4, 0.5) is 5.82 Å². The minimum absolute atomic E-state index is 0.00639. The van der Waals surface area contributed by atoms with Gasteiger partial charge in [0.05, 0.1) is 18.1 Å². The number of rotatable bonds is 6. The van der Waals surface area contributed by atoms with Crippen molar-refractivity contribution >= 4 is 29.5 Å². The summed E-state index contributed by atoms with van der Waals surface area (Å²) in [7, 11) is 0. The van der Waals surface area contributed by atoms with Gasteiger partial charge in [-0.25, -0.2) is 0 Å². The lowest BCUT2D eigenvalue weighted by atomic mass is 9.66. The zero-order valence-corrected chi connectivity index (χ0v) is 38.2. The Balaban J connectivity index is 1.07. The van der Waals surface area contributed by atoms with Crippen LogP contribution in [-0.2, 0) is 28.9 Å². The monoisotopic (exact) mass is 909 g/mol. The first-order chi connectivity index (χ1) is 33.2. The second kappa shape index (κ2) is 18.5. The number of Topliss-reactive ketones (excluding diaryl/α,β-unsaturated/α-hetero) is 2. The number of phenols is 2. The van der Waals surface area contributed by atoms with Gasteiger partial charge in [0.1, 0.15) is 23.4 Å². The van der Waals surface area contributed by atoms with Crippen molar-refractivity contribution in [2.45, 2.75) is 113 Å². The van der Waals surface area contributed by atoms with Crippen LogP contribution in [0.25, 0.3) is 12.2 Å². The number of hydrogen-bond donors (Lipinski definition) is 7. The molecule has 0 unspecified atom stereocenters. The SMILES string of the molecule is O=C1CCc2cc(c(O)c(OC3CCCC3)c2)Cc2ccc3c(c2)[C@H]2C=C[C@H]3[C@H](O)CC#C[C@@H](Nc3[nH]ccc32)C2=Cc3[nH]ccc3[C@H](C[C@@H]3C=Cc4c(O)cccc4CC3)[C@H]2C(=O)[C@H]1CCO. The third-order valence-electron chi connectivity index (χ3n) is 15.7. The van der Waals surface area contributed by atoms with Crippen molar-refractivity contribution in [2.24, 2.45) is 17.8 Å². The van der Waals surface area contributed by atoms with Crippen LogP contribution in [0.3, 0.4) is 0 Å². The molecule has 7 aliphatic rings. The third-order valence-corrected chi connectivity index (χ3v) is 15.7. The average Bonchev–Trinajstić information content (AvgIpc) is 4.12. The predicted octanol–water partition coefficient (Wildman–Crippen LogP) is 9.55. The summed E-state index contributed by atoms with van der Waals surface area (Å²) in [6, 6.07) is 19.3. The number of aromatic hydroxyl groups is 2. The minimum Gasteiger partial charge on any atom is -0.507 e. The normalized spacial score (nSPS) is 26.5. The maximum Gasteiger partial charge on any atom is 0.161 e. The highest BCUT2D eigenvalue weighted by molar-refractivity contribution is 6.05. The molecule has 8 atom stereocenters. The molecule has 4 aliphatic carbocycles. The maximum absolute atomic E-state index is 15.9. The molecule has 7 N–H and O–H groups in total. The van der Waals surface area contributed by atoms with E-state index in [1.807, 2.05) is 48.8 Å². The number of H-pyrrole nitrogens is 2. The Morgan fingerprint density at radius 1 is 0.809 bits per heavy atom. The van der Waals surface area contributed by atoms with E-state index >= 15 is 4.79 Å². The lowest BCUT2D eigenvalue weighted by molar-refractivity contribution is -0.135. The molecular weight excluding hydrogens is 851 g/mol. The molecule has 10 heteroatoms. The summed E-state index contributed by atoms with van der Waals surface area (Å²) in [4.78, 5) is 37.7. The summed E-state index contributed by atoms with van der Waals surface area (Å²) >= 11 is 0. The van der Waals surface area contributed by atoms with Gasteiger partial charge in [-0.15, -0.1) is 0 Å².